The summed E-state index contributed by atoms with van der Waals surface area (Å²) < 4.78 is 13.5. The van der Waals surface area contributed by atoms with Crippen LogP contribution >= 0.6 is 0 Å². The second-order valence-corrected chi connectivity index (χ2v) is 2.59. The second-order valence-electron chi connectivity index (χ2n) is 2.59. The van der Waals surface area contributed by atoms with E-state index in [9.17, 15) is 14.4 Å². The Morgan fingerprint density at radius 3 is 1.79 bits per heavy atom. The van der Waals surface area contributed by atoms with Crippen molar-refractivity contribution in [1.29, 1.82) is 0 Å². The van der Waals surface area contributed by atoms with Crippen molar-refractivity contribution >= 4 is 17.7 Å². The third-order valence-electron chi connectivity index (χ3n) is 1.62. The van der Waals surface area contributed by atoms with Gasteiger partial charge in [0.1, 0.15) is 0 Å². The van der Waals surface area contributed by atoms with Gasteiger partial charge in [-0.3, -0.25) is 4.79 Å². The summed E-state index contributed by atoms with van der Waals surface area (Å²) in [5, 5.41) is 0. The van der Waals surface area contributed by atoms with Crippen molar-refractivity contribution in [1.82, 2.24) is 0 Å². The fraction of sp³-hybridized carbons (Fsp3) is 0.625. The summed E-state index contributed by atoms with van der Waals surface area (Å²) in [6, 6.07) is 0. The van der Waals surface area contributed by atoms with E-state index in [2.05, 4.69) is 14.2 Å². The molecule has 0 atom stereocenters. The minimum Gasteiger partial charge on any atom is -0.383 e. The number of esters is 2. The largest absolute Gasteiger partial charge is 0.383 e. The summed E-state index contributed by atoms with van der Waals surface area (Å²) in [4.78, 5) is 32.4. The first kappa shape index (κ1) is 12.7. The molecule has 0 aromatic rings. The van der Waals surface area contributed by atoms with Crippen molar-refractivity contribution in [3.63, 3.8) is 0 Å². The molecule has 80 valence electrons. The van der Waals surface area contributed by atoms with Crippen LogP contribution in [-0.4, -0.2) is 37.7 Å². The van der Waals surface area contributed by atoms with Crippen molar-refractivity contribution in [2.24, 2.45) is 0 Å². The minimum absolute atomic E-state index is 0.868. The molecule has 0 saturated heterocycles. The molecular weight excluding hydrogens is 192 g/mol. The van der Waals surface area contributed by atoms with Gasteiger partial charge in [0.15, 0.2) is 0 Å². The average molecular weight is 204 g/mol. The molecule has 0 aliphatic carbocycles. The Morgan fingerprint density at radius 1 is 1.07 bits per heavy atom. The van der Waals surface area contributed by atoms with Crippen LogP contribution in [0, 0.1) is 0 Å². The normalized spacial score (nSPS) is 10.9. The summed E-state index contributed by atoms with van der Waals surface area (Å²) in [6.45, 7) is 2.26. The van der Waals surface area contributed by atoms with Crippen molar-refractivity contribution in [2.75, 3.05) is 14.2 Å². The lowest BCUT2D eigenvalue weighted by atomic mass is 10.3. The van der Waals surface area contributed by atoms with Crippen LogP contribution in [0.25, 0.3) is 0 Å². The van der Waals surface area contributed by atoms with E-state index in [1.165, 1.54) is 21.1 Å². The van der Waals surface area contributed by atoms with Gasteiger partial charge < -0.3 is 14.2 Å². The molecule has 0 rings (SSSR count). The molecule has 0 spiro atoms. The van der Waals surface area contributed by atoms with Gasteiger partial charge in [0, 0.05) is 28.1 Å². The first-order chi connectivity index (χ1) is 6.37. The Bertz CT molecular complexity index is 253. The molecule has 0 bridgehead atoms. The van der Waals surface area contributed by atoms with Crippen LogP contribution in [0.3, 0.4) is 0 Å². The highest BCUT2D eigenvalue weighted by molar-refractivity contribution is 6.34. The number of methoxy groups -OCH3 is 2. The van der Waals surface area contributed by atoms with Crippen LogP contribution in [0.5, 0.6) is 0 Å². The van der Waals surface area contributed by atoms with Crippen molar-refractivity contribution < 1.29 is 28.6 Å². The van der Waals surface area contributed by atoms with Crippen LogP contribution < -0.4 is 0 Å². The summed E-state index contributed by atoms with van der Waals surface area (Å²) in [6.07, 6.45) is 0. The van der Waals surface area contributed by atoms with Crippen molar-refractivity contribution in [3.05, 3.63) is 0 Å². The summed E-state index contributed by atoms with van der Waals surface area (Å²) in [5.74, 6) is -4.85. The Labute approximate surface area is 81.1 Å². The maximum Gasteiger partial charge on any atom is 0.382 e. The lowest BCUT2D eigenvalue weighted by molar-refractivity contribution is -0.222. The lowest BCUT2D eigenvalue weighted by Crippen LogP contribution is -2.42. The fourth-order valence-electron chi connectivity index (χ4n) is 0.499. The topological polar surface area (TPSA) is 78.9 Å². The van der Waals surface area contributed by atoms with E-state index in [1.54, 1.807) is 0 Å². The Balaban J connectivity index is 4.48. The number of hydrogen-bond acceptors (Lipinski definition) is 6. The fourth-order valence-corrected chi connectivity index (χ4v) is 0.499. The Morgan fingerprint density at radius 2 is 1.50 bits per heavy atom. The van der Waals surface area contributed by atoms with Crippen LogP contribution in [-0.2, 0) is 28.6 Å². The predicted octanol–water partition coefficient (Wildman–Crippen LogP) is -0.346. The van der Waals surface area contributed by atoms with Gasteiger partial charge >= 0.3 is 11.9 Å². The molecule has 0 saturated carbocycles. The number of carbonyl (C=O) groups excluding carboxylic acids is 3. The molecule has 0 aromatic carbocycles. The number of hydrogen-bond donors (Lipinski definition) is 0. The van der Waals surface area contributed by atoms with Gasteiger partial charge in [-0.25, -0.2) is 9.59 Å². The second kappa shape index (κ2) is 4.83. The van der Waals surface area contributed by atoms with Gasteiger partial charge in [-0.1, -0.05) is 0 Å². The molecule has 0 aliphatic rings. The van der Waals surface area contributed by atoms with E-state index in [-0.39, 0.29) is 0 Å². The van der Waals surface area contributed by atoms with Gasteiger partial charge in [0.2, 0.25) is 5.78 Å². The predicted molar refractivity (Wildman–Crippen MR) is 44.2 cm³/mol. The number of ketones is 1. The van der Waals surface area contributed by atoms with E-state index < -0.39 is 23.5 Å². The molecule has 0 aromatic heterocycles. The molecule has 0 aliphatic heterocycles. The molecule has 6 heteroatoms. The maximum atomic E-state index is 11.2. The van der Waals surface area contributed by atoms with Gasteiger partial charge in [0.05, 0.1) is 0 Å². The highest BCUT2D eigenvalue weighted by Gasteiger charge is 2.37. The molecule has 0 radical (unpaired) electrons. The average Bonchev–Trinajstić information content (AvgIpc) is 2.16. The number of Topliss-reactive ketones (excluding diaryl/α,β-unsaturated/α-hetero) is 1. The zero-order valence-electron chi connectivity index (χ0n) is 8.45. The summed E-state index contributed by atoms with van der Waals surface area (Å²) >= 11 is 0. The zero-order chi connectivity index (χ0) is 11.4. The van der Waals surface area contributed by atoms with E-state index in [0.717, 1.165) is 6.92 Å². The van der Waals surface area contributed by atoms with E-state index in [1.807, 2.05) is 0 Å². The molecule has 6 nitrogen and oxygen atoms in total. The quantitative estimate of drug-likeness (QED) is 0.269. The number of rotatable bonds is 4. The van der Waals surface area contributed by atoms with Crippen LogP contribution in [0.1, 0.15) is 13.8 Å². The number of ether oxygens (including phenoxy) is 3. The van der Waals surface area contributed by atoms with E-state index in [4.69, 9.17) is 0 Å². The van der Waals surface area contributed by atoms with Crippen molar-refractivity contribution in [3.8, 4) is 0 Å². The molecular formula is C8H12O6. The summed E-state index contributed by atoms with van der Waals surface area (Å²) in [7, 11) is 2.42. The lowest BCUT2D eigenvalue weighted by Gasteiger charge is -2.22. The minimum atomic E-state index is -1.68. The van der Waals surface area contributed by atoms with Crippen LogP contribution in [0.15, 0.2) is 0 Å². The third kappa shape index (κ3) is 2.90. The Hall–Kier alpha value is -1.27. The first-order valence-corrected chi connectivity index (χ1v) is 3.75. The van der Waals surface area contributed by atoms with Crippen LogP contribution in [0.2, 0.25) is 0 Å². The molecule has 0 N–H and O–H groups in total. The third-order valence-corrected chi connectivity index (χ3v) is 1.62. The molecule has 0 fully saturated rings. The monoisotopic (exact) mass is 204 g/mol. The highest BCUT2D eigenvalue weighted by atomic mass is 16.7. The highest BCUT2D eigenvalue weighted by Crippen LogP contribution is 2.12. The van der Waals surface area contributed by atoms with E-state index in [0.29, 0.717) is 0 Å². The van der Waals surface area contributed by atoms with Gasteiger partial charge in [0.25, 0.3) is 5.79 Å². The SMILES string of the molecule is COC(C)(OC)C(=O)OC(=O)C(C)=O. The van der Waals surface area contributed by atoms with Gasteiger partial charge in [-0.2, -0.15) is 0 Å². The van der Waals surface area contributed by atoms with Crippen LogP contribution in [0.4, 0.5) is 0 Å². The zero-order valence-corrected chi connectivity index (χ0v) is 8.45. The molecule has 14 heavy (non-hydrogen) atoms. The van der Waals surface area contributed by atoms with Gasteiger partial charge in [-0.15, -0.1) is 0 Å². The maximum absolute atomic E-state index is 11.2. The van der Waals surface area contributed by atoms with E-state index >= 15 is 0 Å². The summed E-state index contributed by atoms with van der Waals surface area (Å²) in [5.41, 5.74) is 0. The molecule has 0 heterocycles. The molecule has 0 amide bonds. The smallest absolute Gasteiger partial charge is 0.382 e. The number of carbonyl (C=O) groups is 3. The molecule has 0 unspecified atom stereocenters. The van der Waals surface area contributed by atoms with Gasteiger partial charge in [-0.05, 0) is 0 Å². The standard InChI is InChI=1S/C8H12O6/c1-5(9)6(10)14-7(11)8(2,12-3)13-4/h1-4H3. The first-order valence-electron chi connectivity index (χ1n) is 3.75. The van der Waals surface area contributed by atoms with Crippen molar-refractivity contribution in [2.45, 2.75) is 19.6 Å². The Kier molecular flexibility index (Phi) is 4.39.